The molecule has 0 aromatic heterocycles. The summed E-state index contributed by atoms with van der Waals surface area (Å²) >= 11 is 0. The molecule has 3 amide bonds. The first kappa shape index (κ1) is 15.8. The summed E-state index contributed by atoms with van der Waals surface area (Å²) in [6, 6.07) is -0.249. The van der Waals surface area contributed by atoms with Gasteiger partial charge in [0, 0.05) is 32.2 Å². The zero-order valence-corrected chi connectivity index (χ0v) is 12.2. The number of carbonyl (C=O) groups is 2. The van der Waals surface area contributed by atoms with Gasteiger partial charge in [-0.3, -0.25) is 4.79 Å². The number of piperidine rings is 1. The lowest BCUT2D eigenvalue weighted by Crippen LogP contribution is -2.52. The molecular formula is C13H26N4O2. The molecule has 0 spiro atoms. The molecule has 1 atom stereocenters. The third-order valence-electron chi connectivity index (χ3n) is 3.74. The summed E-state index contributed by atoms with van der Waals surface area (Å²) in [4.78, 5) is 26.6. The smallest absolute Gasteiger partial charge is 0.314 e. The lowest BCUT2D eigenvalue weighted by molar-refractivity contribution is -0.132. The van der Waals surface area contributed by atoms with Crippen molar-refractivity contribution in [2.75, 3.05) is 26.2 Å². The summed E-state index contributed by atoms with van der Waals surface area (Å²) in [7, 11) is 0. The molecule has 0 aromatic rings. The summed E-state index contributed by atoms with van der Waals surface area (Å²) in [6.45, 7) is 8.68. The van der Waals surface area contributed by atoms with Crippen LogP contribution in [-0.4, -0.2) is 60.0 Å². The number of carbonyl (C=O) groups excluding carboxylic acids is 2. The second kappa shape index (κ2) is 7.33. The lowest BCUT2D eigenvalue weighted by atomic mass is 10.0. The van der Waals surface area contributed by atoms with Crippen molar-refractivity contribution >= 4 is 11.9 Å². The highest BCUT2D eigenvalue weighted by Crippen LogP contribution is 2.11. The minimum absolute atomic E-state index is 0.141. The molecule has 3 N–H and O–H groups in total. The van der Waals surface area contributed by atoms with Gasteiger partial charge in [-0.1, -0.05) is 0 Å². The molecule has 0 aromatic carbocycles. The molecule has 1 unspecified atom stereocenters. The van der Waals surface area contributed by atoms with Gasteiger partial charge in [0.15, 0.2) is 0 Å². The van der Waals surface area contributed by atoms with Crippen molar-refractivity contribution < 1.29 is 9.59 Å². The van der Waals surface area contributed by atoms with E-state index < -0.39 is 0 Å². The largest absolute Gasteiger partial charge is 0.351 e. The molecule has 0 aliphatic carbocycles. The normalized spacial score (nSPS) is 18.2. The molecule has 1 aliphatic rings. The Morgan fingerprint density at radius 3 is 2.26 bits per heavy atom. The maximum Gasteiger partial charge on any atom is 0.314 e. The van der Waals surface area contributed by atoms with E-state index in [2.05, 4.69) is 5.32 Å². The van der Waals surface area contributed by atoms with Gasteiger partial charge < -0.3 is 20.9 Å². The minimum Gasteiger partial charge on any atom is -0.351 e. The molecule has 1 saturated heterocycles. The quantitative estimate of drug-likeness (QED) is 0.758. The summed E-state index contributed by atoms with van der Waals surface area (Å²) in [5, 5.41) is 3.36. The number of hydrogen-bond acceptors (Lipinski definition) is 3. The van der Waals surface area contributed by atoms with Crippen molar-refractivity contribution in [2.24, 2.45) is 5.73 Å². The molecule has 1 aliphatic heterocycles. The molecule has 6 nitrogen and oxygen atoms in total. The zero-order chi connectivity index (χ0) is 14.4. The van der Waals surface area contributed by atoms with Gasteiger partial charge in [-0.05, 0) is 33.6 Å². The van der Waals surface area contributed by atoms with Gasteiger partial charge in [-0.2, -0.15) is 0 Å². The van der Waals surface area contributed by atoms with Gasteiger partial charge in [0.2, 0.25) is 5.91 Å². The predicted molar refractivity (Wildman–Crippen MR) is 74.7 cm³/mol. The Morgan fingerprint density at radius 2 is 1.84 bits per heavy atom. The molecule has 1 heterocycles. The van der Waals surface area contributed by atoms with Crippen LogP contribution in [0.5, 0.6) is 0 Å². The first-order valence-electron chi connectivity index (χ1n) is 7.08. The third kappa shape index (κ3) is 4.38. The third-order valence-corrected chi connectivity index (χ3v) is 3.74. The molecular weight excluding hydrogens is 244 g/mol. The van der Waals surface area contributed by atoms with Gasteiger partial charge in [0.1, 0.15) is 0 Å². The average molecular weight is 270 g/mol. The number of primary amides is 1. The number of nitrogens with zero attached hydrogens (tertiary/aromatic N) is 2. The van der Waals surface area contributed by atoms with Crippen LogP contribution in [0.15, 0.2) is 0 Å². The maximum atomic E-state index is 12.1. The Morgan fingerprint density at radius 1 is 1.32 bits per heavy atom. The summed E-state index contributed by atoms with van der Waals surface area (Å²) in [6.07, 6.45) is 1.69. The highest BCUT2D eigenvalue weighted by atomic mass is 16.2. The standard InChI is InChI=1S/C13H26N4O2/c1-4-16(5-2)12(18)10(3)15-11-6-8-17(9-7-11)13(14)19/h10-11,15H,4-9H2,1-3H3,(H2,14,19). The van der Waals surface area contributed by atoms with E-state index in [4.69, 9.17) is 5.73 Å². The van der Waals surface area contributed by atoms with E-state index in [-0.39, 0.29) is 24.0 Å². The fourth-order valence-electron chi connectivity index (χ4n) is 2.50. The van der Waals surface area contributed by atoms with Crippen LogP contribution in [0.25, 0.3) is 0 Å². The van der Waals surface area contributed by atoms with Crippen LogP contribution in [-0.2, 0) is 4.79 Å². The van der Waals surface area contributed by atoms with Crippen LogP contribution in [0, 0.1) is 0 Å². The highest BCUT2D eigenvalue weighted by Gasteiger charge is 2.25. The van der Waals surface area contributed by atoms with E-state index >= 15 is 0 Å². The molecule has 0 saturated carbocycles. The van der Waals surface area contributed by atoms with Crippen LogP contribution in [0.2, 0.25) is 0 Å². The predicted octanol–water partition coefficient (Wildman–Crippen LogP) is 0.376. The SMILES string of the molecule is CCN(CC)C(=O)C(C)NC1CCN(C(N)=O)CC1. The fraction of sp³-hybridized carbons (Fsp3) is 0.846. The Labute approximate surface area is 115 Å². The van der Waals surface area contributed by atoms with Crippen molar-refractivity contribution in [3.63, 3.8) is 0 Å². The maximum absolute atomic E-state index is 12.1. The van der Waals surface area contributed by atoms with Crippen LogP contribution >= 0.6 is 0 Å². The van der Waals surface area contributed by atoms with Crippen LogP contribution in [0.4, 0.5) is 4.79 Å². The fourth-order valence-corrected chi connectivity index (χ4v) is 2.50. The monoisotopic (exact) mass is 270 g/mol. The first-order chi connectivity index (χ1) is 8.99. The van der Waals surface area contributed by atoms with Gasteiger partial charge in [-0.15, -0.1) is 0 Å². The van der Waals surface area contributed by atoms with E-state index in [1.54, 1.807) is 4.90 Å². The van der Waals surface area contributed by atoms with Crippen molar-refractivity contribution in [3.8, 4) is 0 Å². The van der Waals surface area contributed by atoms with E-state index in [0.29, 0.717) is 13.1 Å². The Balaban J connectivity index is 2.40. The topological polar surface area (TPSA) is 78.7 Å². The van der Waals surface area contributed by atoms with Gasteiger partial charge in [0.05, 0.1) is 6.04 Å². The Hall–Kier alpha value is -1.30. The molecule has 1 fully saturated rings. The zero-order valence-electron chi connectivity index (χ0n) is 12.2. The number of amides is 3. The lowest BCUT2D eigenvalue weighted by Gasteiger charge is -2.33. The summed E-state index contributed by atoms with van der Waals surface area (Å²) in [5.41, 5.74) is 5.24. The van der Waals surface area contributed by atoms with Crippen molar-refractivity contribution in [1.29, 1.82) is 0 Å². The van der Waals surface area contributed by atoms with Gasteiger partial charge >= 0.3 is 6.03 Å². The second-order valence-electron chi connectivity index (χ2n) is 5.00. The number of likely N-dealkylation sites (tertiary alicyclic amines) is 1. The molecule has 1 rings (SSSR count). The highest BCUT2D eigenvalue weighted by molar-refractivity contribution is 5.81. The van der Waals surface area contributed by atoms with E-state index in [9.17, 15) is 9.59 Å². The van der Waals surface area contributed by atoms with E-state index in [1.807, 2.05) is 25.7 Å². The van der Waals surface area contributed by atoms with Gasteiger partial charge in [-0.25, -0.2) is 4.79 Å². The number of rotatable bonds is 5. The van der Waals surface area contributed by atoms with Crippen LogP contribution in [0.1, 0.15) is 33.6 Å². The Kier molecular flexibility index (Phi) is 6.08. The first-order valence-corrected chi connectivity index (χ1v) is 7.08. The van der Waals surface area contributed by atoms with E-state index in [0.717, 1.165) is 25.9 Å². The molecule has 6 heteroatoms. The molecule has 19 heavy (non-hydrogen) atoms. The molecule has 110 valence electrons. The Bertz CT molecular complexity index is 310. The van der Waals surface area contributed by atoms with Crippen LogP contribution in [0.3, 0.4) is 0 Å². The number of nitrogens with two attached hydrogens (primary N) is 1. The summed E-state index contributed by atoms with van der Waals surface area (Å²) < 4.78 is 0. The van der Waals surface area contributed by atoms with Crippen LogP contribution < -0.4 is 11.1 Å². The number of nitrogens with one attached hydrogen (secondary N) is 1. The number of urea groups is 1. The average Bonchev–Trinajstić information content (AvgIpc) is 2.40. The second-order valence-corrected chi connectivity index (χ2v) is 5.00. The van der Waals surface area contributed by atoms with E-state index in [1.165, 1.54) is 0 Å². The summed E-state index contributed by atoms with van der Waals surface area (Å²) in [5.74, 6) is 0.141. The van der Waals surface area contributed by atoms with Crippen molar-refractivity contribution in [1.82, 2.24) is 15.1 Å². The molecule has 0 bridgehead atoms. The van der Waals surface area contributed by atoms with Gasteiger partial charge in [0.25, 0.3) is 0 Å². The molecule has 0 radical (unpaired) electrons. The van der Waals surface area contributed by atoms with Crippen molar-refractivity contribution in [2.45, 2.75) is 45.7 Å². The van der Waals surface area contributed by atoms with Crippen molar-refractivity contribution in [3.05, 3.63) is 0 Å². The number of hydrogen-bond donors (Lipinski definition) is 2. The minimum atomic E-state index is -0.356. The number of likely N-dealkylation sites (N-methyl/N-ethyl adjacent to an activating group) is 1.